The van der Waals surface area contributed by atoms with E-state index >= 15 is 0 Å². The summed E-state index contributed by atoms with van der Waals surface area (Å²) >= 11 is 5.87. The van der Waals surface area contributed by atoms with Crippen LogP contribution < -0.4 is 4.74 Å². The number of aliphatic hydroxyl groups is 1. The van der Waals surface area contributed by atoms with Crippen LogP contribution in [0.1, 0.15) is 31.4 Å². The average Bonchev–Trinajstić information content (AvgIpc) is 2.31. The van der Waals surface area contributed by atoms with Crippen molar-refractivity contribution in [2.75, 3.05) is 6.61 Å². The third kappa shape index (κ3) is 2.98. The molecule has 0 saturated heterocycles. The van der Waals surface area contributed by atoms with Crippen LogP contribution in [0.15, 0.2) is 12.1 Å². The molecule has 0 fully saturated rings. The lowest BCUT2D eigenvalue weighted by molar-refractivity contribution is -0.268. The highest BCUT2D eigenvalue weighted by Crippen LogP contribution is 2.46. The Kier molecular flexibility index (Phi) is 4.74. The summed E-state index contributed by atoms with van der Waals surface area (Å²) in [5, 5.41) is 10.1. The van der Waals surface area contributed by atoms with Gasteiger partial charge in [0, 0.05) is 10.6 Å². The molecule has 2 nitrogen and oxygen atoms in total. The average molecular weight is 297 g/mol. The minimum Gasteiger partial charge on any atom is -0.493 e. The van der Waals surface area contributed by atoms with Gasteiger partial charge < -0.3 is 9.84 Å². The highest BCUT2D eigenvalue weighted by Gasteiger charge is 2.55. The van der Waals surface area contributed by atoms with E-state index < -0.39 is 18.2 Å². The normalized spacial score (nSPS) is 15.2. The van der Waals surface area contributed by atoms with Gasteiger partial charge in [0.25, 0.3) is 0 Å². The number of ether oxygens (including phenoxy) is 1. The standard InChI is InChI=1S/C13H16ClF3O2/c1-4-12(18,13(15,16)17)9-7-10(14)8(3)6-11(9)19-5-2/h6-7,18H,4-5H2,1-3H3. The lowest BCUT2D eigenvalue weighted by atomic mass is 9.89. The zero-order valence-corrected chi connectivity index (χ0v) is 11.7. The van der Waals surface area contributed by atoms with Crippen molar-refractivity contribution in [3.05, 3.63) is 28.3 Å². The van der Waals surface area contributed by atoms with Gasteiger partial charge in [-0.1, -0.05) is 18.5 Å². The van der Waals surface area contributed by atoms with Crippen LogP contribution in [0.4, 0.5) is 13.2 Å². The van der Waals surface area contributed by atoms with Gasteiger partial charge in [-0.05, 0) is 38.0 Å². The molecule has 1 atom stereocenters. The van der Waals surface area contributed by atoms with E-state index in [0.717, 1.165) is 6.07 Å². The van der Waals surface area contributed by atoms with Crippen molar-refractivity contribution in [2.45, 2.75) is 39.0 Å². The first-order chi connectivity index (χ1) is 8.67. The summed E-state index contributed by atoms with van der Waals surface area (Å²) in [6, 6.07) is 2.53. The molecule has 0 amide bonds. The largest absolute Gasteiger partial charge is 0.493 e. The predicted octanol–water partition coefficient (Wildman–Crippen LogP) is 4.21. The summed E-state index contributed by atoms with van der Waals surface area (Å²) in [6.07, 6.45) is -5.32. The molecule has 0 aliphatic carbocycles. The number of rotatable bonds is 4. The topological polar surface area (TPSA) is 29.5 Å². The Morgan fingerprint density at radius 1 is 1.26 bits per heavy atom. The summed E-state index contributed by atoms with van der Waals surface area (Å²) in [7, 11) is 0. The molecule has 1 aromatic rings. The fourth-order valence-electron chi connectivity index (χ4n) is 1.80. The van der Waals surface area contributed by atoms with Crippen LogP contribution in [-0.2, 0) is 5.60 Å². The van der Waals surface area contributed by atoms with E-state index in [2.05, 4.69) is 0 Å². The number of alkyl halides is 3. The number of benzene rings is 1. The molecule has 1 rings (SSSR count). The second-order valence-corrected chi connectivity index (χ2v) is 4.65. The van der Waals surface area contributed by atoms with Crippen molar-refractivity contribution < 1.29 is 23.0 Å². The first-order valence-corrected chi connectivity index (χ1v) is 6.27. The maximum atomic E-state index is 13.1. The van der Waals surface area contributed by atoms with Crippen LogP contribution in [0.2, 0.25) is 5.02 Å². The van der Waals surface area contributed by atoms with E-state index in [4.69, 9.17) is 16.3 Å². The van der Waals surface area contributed by atoms with Crippen molar-refractivity contribution in [3.8, 4) is 5.75 Å². The lowest BCUT2D eigenvalue weighted by Crippen LogP contribution is -2.42. The van der Waals surface area contributed by atoms with Crippen LogP contribution in [0.3, 0.4) is 0 Å². The van der Waals surface area contributed by atoms with E-state index in [1.165, 1.54) is 13.0 Å². The van der Waals surface area contributed by atoms with Crippen LogP contribution >= 0.6 is 11.6 Å². The van der Waals surface area contributed by atoms with Gasteiger partial charge in [0.05, 0.1) is 6.61 Å². The molecule has 19 heavy (non-hydrogen) atoms. The van der Waals surface area contributed by atoms with Gasteiger partial charge in [0.2, 0.25) is 0 Å². The maximum Gasteiger partial charge on any atom is 0.421 e. The molecule has 0 aliphatic rings. The summed E-state index contributed by atoms with van der Waals surface area (Å²) in [4.78, 5) is 0. The summed E-state index contributed by atoms with van der Waals surface area (Å²) < 4.78 is 44.5. The molecule has 1 aromatic carbocycles. The Balaban J connectivity index is 3.50. The van der Waals surface area contributed by atoms with Gasteiger partial charge in [-0.25, -0.2) is 0 Å². The Hall–Kier alpha value is -0.940. The molecule has 6 heteroatoms. The molecule has 0 saturated carbocycles. The van der Waals surface area contributed by atoms with E-state index in [9.17, 15) is 18.3 Å². The number of hydrogen-bond donors (Lipinski definition) is 1. The van der Waals surface area contributed by atoms with Gasteiger partial charge in [-0.3, -0.25) is 0 Å². The third-order valence-electron chi connectivity index (χ3n) is 2.99. The van der Waals surface area contributed by atoms with Crippen LogP contribution in [0.5, 0.6) is 5.75 Å². The van der Waals surface area contributed by atoms with Crippen molar-refractivity contribution in [1.82, 2.24) is 0 Å². The minimum atomic E-state index is -4.80. The van der Waals surface area contributed by atoms with Crippen LogP contribution in [0.25, 0.3) is 0 Å². The van der Waals surface area contributed by atoms with Crippen molar-refractivity contribution in [1.29, 1.82) is 0 Å². The fourth-order valence-corrected chi connectivity index (χ4v) is 1.96. The number of halogens is 4. The van der Waals surface area contributed by atoms with Crippen LogP contribution in [0, 0.1) is 6.92 Å². The van der Waals surface area contributed by atoms with Gasteiger partial charge in [0.15, 0.2) is 5.60 Å². The maximum absolute atomic E-state index is 13.1. The Morgan fingerprint density at radius 3 is 2.26 bits per heavy atom. The molecule has 0 heterocycles. The van der Waals surface area contributed by atoms with Crippen molar-refractivity contribution in [3.63, 3.8) is 0 Å². The molecular formula is C13H16ClF3O2. The molecule has 1 unspecified atom stereocenters. The summed E-state index contributed by atoms with van der Waals surface area (Å²) in [6.45, 7) is 4.78. The monoisotopic (exact) mass is 296 g/mol. The zero-order valence-electron chi connectivity index (χ0n) is 10.9. The number of hydrogen-bond acceptors (Lipinski definition) is 2. The molecule has 1 N–H and O–H groups in total. The van der Waals surface area contributed by atoms with Gasteiger partial charge in [0.1, 0.15) is 5.75 Å². The minimum absolute atomic E-state index is 0.00562. The molecular weight excluding hydrogens is 281 g/mol. The predicted molar refractivity (Wildman–Crippen MR) is 67.6 cm³/mol. The number of aryl methyl sites for hydroxylation is 1. The Bertz CT molecular complexity index is 460. The van der Waals surface area contributed by atoms with E-state index in [-0.39, 0.29) is 22.9 Å². The Morgan fingerprint density at radius 2 is 1.84 bits per heavy atom. The second-order valence-electron chi connectivity index (χ2n) is 4.24. The van der Waals surface area contributed by atoms with E-state index in [0.29, 0.717) is 5.56 Å². The van der Waals surface area contributed by atoms with Gasteiger partial charge in [-0.2, -0.15) is 13.2 Å². The smallest absolute Gasteiger partial charge is 0.421 e. The highest BCUT2D eigenvalue weighted by molar-refractivity contribution is 6.31. The molecule has 0 aliphatic heterocycles. The first-order valence-electron chi connectivity index (χ1n) is 5.89. The summed E-state index contributed by atoms with van der Waals surface area (Å²) in [5.74, 6) is 0.00562. The van der Waals surface area contributed by atoms with Gasteiger partial charge >= 0.3 is 6.18 Å². The first kappa shape index (κ1) is 16.1. The molecule has 108 valence electrons. The van der Waals surface area contributed by atoms with Crippen LogP contribution in [-0.4, -0.2) is 17.9 Å². The molecule has 0 radical (unpaired) electrons. The molecule has 0 bridgehead atoms. The molecule has 0 spiro atoms. The second kappa shape index (κ2) is 5.59. The zero-order chi connectivity index (χ0) is 14.8. The lowest BCUT2D eigenvalue weighted by Gasteiger charge is -2.31. The summed E-state index contributed by atoms with van der Waals surface area (Å²) in [5.41, 5.74) is -2.72. The van der Waals surface area contributed by atoms with Crippen molar-refractivity contribution >= 4 is 11.6 Å². The SMILES string of the molecule is CCOc1cc(C)c(Cl)cc1C(O)(CC)C(F)(F)F. The van der Waals surface area contributed by atoms with E-state index in [1.54, 1.807) is 13.8 Å². The highest BCUT2D eigenvalue weighted by atomic mass is 35.5. The fraction of sp³-hybridized carbons (Fsp3) is 0.538. The Labute approximate surface area is 115 Å². The molecule has 0 aromatic heterocycles. The quantitative estimate of drug-likeness (QED) is 0.902. The van der Waals surface area contributed by atoms with Gasteiger partial charge in [-0.15, -0.1) is 0 Å². The van der Waals surface area contributed by atoms with E-state index in [1.807, 2.05) is 0 Å². The van der Waals surface area contributed by atoms with Crippen molar-refractivity contribution in [2.24, 2.45) is 0 Å². The third-order valence-corrected chi connectivity index (χ3v) is 3.39.